The molecule has 1 aromatic carbocycles. The molecular formula is C9H3ClF4N2O. The van der Waals surface area contributed by atoms with E-state index in [4.69, 9.17) is 11.6 Å². The fourth-order valence-corrected chi connectivity index (χ4v) is 1.43. The van der Waals surface area contributed by atoms with E-state index < -0.39 is 23.2 Å². The largest absolute Gasteiger partial charge is 0.438 e. The van der Waals surface area contributed by atoms with Crippen LogP contribution in [0.25, 0.3) is 11.0 Å². The van der Waals surface area contributed by atoms with Crippen molar-refractivity contribution in [3.05, 3.63) is 39.0 Å². The Kier molecular flexibility index (Phi) is 2.57. The number of hydrogen-bond donors (Lipinski definition) is 1. The number of aromatic amines is 1. The van der Waals surface area contributed by atoms with Gasteiger partial charge in [-0.25, -0.2) is 9.37 Å². The maximum absolute atomic E-state index is 13.0. The SMILES string of the molecule is O=c1[nH]c2cc(F)c(Cl)cc2nc1C(F)(F)F. The molecule has 3 nitrogen and oxygen atoms in total. The van der Waals surface area contributed by atoms with Crippen LogP contribution in [0.3, 0.4) is 0 Å². The van der Waals surface area contributed by atoms with Crippen LogP contribution in [0.5, 0.6) is 0 Å². The summed E-state index contributed by atoms with van der Waals surface area (Å²) in [6, 6.07) is 1.73. The summed E-state index contributed by atoms with van der Waals surface area (Å²) in [6.45, 7) is 0. The molecule has 0 fully saturated rings. The van der Waals surface area contributed by atoms with Gasteiger partial charge in [-0.15, -0.1) is 0 Å². The standard InChI is InChI=1S/C9H3ClF4N2O/c10-3-1-5-6(2-4(3)11)16-8(17)7(15-5)9(12,13)14/h1-2H,(H,16,17). The van der Waals surface area contributed by atoms with Crippen LogP contribution >= 0.6 is 11.6 Å². The Morgan fingerprint density at radius 2 is 1.94 bits per heavy atom. The van der Waals surface area contributed by atoms with E-state index in [1.807, 2.05) is 4.98 Å². The number of rotatable bonds is 0. The fraction of sp³-hybridized carbons (Fsp3) is 0.111. The van der Waals surface area contributed by atoms with Crippen molar-refractivity contribution in [3.63, 3.8) is 0 Å². The molecule has 2 aromatic rings. The van der Waals surface area contributed by atoms with Gasteiger partial charge in [-0.1, -0.05) is 11.6 Å². The van der Waals surface area contributed by atoms with Gasteiger partial charge in [-0.2, -0.15) is 13.2 Å². The molecule has 0 radical (unpaired) electrons. The van der Waals surface area contributed by atoms with Crippen molar-refractivity contribution < 1.29 is 17.6 Å². The second-order valence-corrected chi connectivity index (χ2v) is 3.60. The number of halogens is 5. The molecule has 0 bridgehead atoms. The molecule has 0 aliphatic carbocycles. The van der Waals surface area contributed by atoms with E-state index in [-0.39, 0.29) is 16.1 Å². The first-order valence-corrected chi connectivity index (χ1v) is 4.63. The predicted octanol–water partition coefficient (Wildman–Crippen LogP) is 2.73. The second-order valence-electron chi connectivity index (χ2n) is 3.20. The normalized spacial score (nSPS) is 12.1. The van der Waals surface area contributed by atoms with E-state index in [1.54, 1.807) is 0 Å². The van der Waals surface area contributed by atoms with Gasteiger partial charge in [-0.05, 0) is 6.07 Å². The van der Waals surface area contributed by atoms with E-state index in [0.717, 1.165) is 12.1 Å². The topological polar surface area (TPSA) is 45.8 Å². The Bertz CT molecular complexity index is 650. The monoisotopic (exact) mass is 266 g/mol. The van der Waals surface area contributed by atoms with Gasteiger partial charge in [0.05, 0.1) is 16.1 Å². The number of fused-ring (bicyclic) bond motifs is 1. The lowest BCUT2D eigenvalue weighted by atomic mass is 10.3. The molecule has 90 valence electrons. The first kappa shape index (κ1) is 11.8. The van der Waals surface area contributed by atoms with Gasteiger partial charge < -0.3 is 4.98 Å². The van der Waals surface area contributed by atoms with Crippen LogP contribution in [-0.4, -0.2) is 9.97 Å². The van der Waals surface area contributed by atoms with Crippen LogP contribution in [0.15, 0.2) is 16.9 Å². The van der Waals surface area contributed by atoms with Gasteiger partial charge in [0.15, 0.2) is 0 Å². The fourth-order valence-electron chi connectivity index (χ4n) is 1.27. The molecule has 1 aromatic heterocycles. The van der Waals surface area contributed by atoms with Gasteiger partial charge in [0, 0.05) is 6.07 Å². The third kappa shape index (κ3) is 2.10. The third-order valence-corrected chi connectivity index (χ3v) is 2.29. The molecule has 2 rings (SSSR count). The maximum Gasteiger partial charge on any atom is 0.438 e. The summed E-state index contributed by atoms with van der Waals surface area (Å²) < 4.78 is 50.1. The smallest absolute Gasteiger partial charge is 0.319 e. The zero-order chi connectivity index (χ0) is 12.8. The summed E-state index contributed by atoms with van der Waals surface area (Å²) in [7, 11) is 0. The first-order chi connectivity index (χ1) is 7.79. The number of aromatic nitrogens is 2. The average molecular weight is 267 g/mol. The molecule has 0 amide bonds. The molecule has 1 N–H and O–H groups in total. The van der Waals surface area contributed by atoms with E-state index >= 15 is 0 Å². The van der Waals surface area contributed by atoms with E-state index in [2.05, 4.69) is 4.98 Å². The first-order valence-electron chi connectivity index (χ1n) is 4.25. The van der Waals surface area contributed by atoms with Gasteiger partial charge >= 0.3 is 6.18 Å². The summed E-state index contributed by atoms with van der Waals surface area (Å²) >= 11 is 5.41. The predicted molar refractivity (Wildman–Crippen MR) is 52.3 cm³/mol. The number of benzene rings is 1. The summed E-state index contributed by atoms with van der Waals surface area (Å²) in [5.74, 6) is -0.851. The average Bonchev–Trinajstić information content (AvgIpc) is 2.18. The maximum atomic E-state index is 13.0. The van der Waals surface area contributed by atoms with E-state index in [9.17, 15) is 22.4 Å². The van der Waals surface area contributed by atoms with Crippen molar-refractivity contribution in [1.29, 1.82) is 0 Å². The van der Waals surface area contributed by atoms with Crippen molar-refractivity contribution in [2.24, 2.45) is 0 Å². The minimum absolute atomic E-state index is 0.148. The highest BCUT2D eigenvalue weighted by Crippen LogP contribution is 2.26. The molecule has 0 saturated carbocycles. The Labute approximate surface area is 96.0 Å². The molecule has 0 unspecified atom stereocenters. The second kappa shape index (κ2) is 3.69. The molecule has 17 heavy (non-hydrogen) atoms. The lowest BCUT2D eigenvalue weighted by molar-refractivity contribution is -0.142. The van der Waals surface area contributed by atoms with Gasteiger partial charge in [0.25, 0.3) is 5.56 Å². The Hall–Kier alpha value is -1.63. The molecule has 0 spiro atoms. The van der Waals surface area contributed by atoms with Crippen molar-refractivity contribution in [3.8, 4) is 0 Å². The Morgan fingerprint density at radius 3 is 2.53 bits per heavy atom. The number of nitrogens with zero attached hydrogens (tertiary/aromatic N) is 1. The van der Waals surface area contributed by atoms with Gasteiger partial charge in [0.2, 0.25) is 5.69 Å². The zero-order valence-corrected chi connectivity index (χ0v) is 8.66. The highest BCUT2D eigenvalue weighted by Gasteiger charge is 2.36. The minimum Gasteiger partial charge on any atom is -0.319 e. The van der Waals surface area contributed by atoms with Crippen LogP contribution in [0.4, 0.5) is 17.6 Å². The van der Waals surface area contributed by atoms with E-state index in [1.165, 1.54) is 0 Å². The zero-order valence-electron chi connectivity index (χ0n) is 7.90. The molecular weight excluding hydrogens is 264 g/mol. The Balaban J connectivity index is 2.81. The van der Waals surface area contributed by atoms with Crippen molar-refractivity contribution in [2.45, 2.75) is 6.18 Å². The van der Waals surface area contributed by atoms with Crippen LogP contribution in [-0.2, 0) is 6.18 Å². The quantitative estimate of drug-likeness (QED) is 0.745. The van der Waals surface area contributed by atoms with Crippen molar-refractivity contribution in [1.82, 2.24) is 9.97 Å². The van der Waals surface area contributed by atoms with Crippen LogP contribution in [0.2, 0.25) is 5.02 Å². The third-order valence-electron chi connectivity index (χ3n) is 2.00. The number of alkyl halides is 3. The summed E-state index contributed by atoms with van der Waals surface area (Å²) in [5.41, 5.74) is -3.40. The molecule has 0 aliphatic heterocycles. The van der Waals surface area contributed by atoms with Gasteiger partial charge in [0.1, 0.15) is 5.82 Å². The highest BCUT2D eigenvalue weighted by atomic mass is 35.5. The van der Waals surface area contributed by atoms with Crippen molar-refractivity contribution in [2.75, 3.05) is 0 Å². The molecule has 1 heterocycles. The van der Waals surface area contributed by atoms with E-state index in [0.29, 0.717) is 0 Å². The lowest BCUT2D eigenvalue weighted by Crippen LogP contribution is -2.23. The molecule has 0 aliphatic rings. The molecule has 8 heteroatoms. The summed E-state index contributed by atoms with van der Waals surface area (Å²) in [5, 5.41) is -0.370. The Morgan fingerprint density at radius 1 is 1.29 bits per heavy atom. The number of nitrogens with one attached hydrogen (secondary N) is 1. The summed E-state index contributed by atoms with van der Waals surface area (Å²) in [4.78, 5) is 16.1. The van der Waals surface area contributed by atoms with Crippen LogP contribution in [0, 0.1) is 5.82 Å². The lowest BCUT2D eigenvalue weighted by Gasteiger charge is -2.06. The van der Waals surface area contributed by atoms with Crippen molar-refractivity contribution >= 4 is 22.6 Å². The van der Waals surface area contributed by atoms with Gasteiger partial charge in [-0.3, -0.25) is 4.79 Å². The molecule has 0 atom stereocenters. The van der Waals surface area contributed by atoms with Crippen LogP contribution in [0.1, 0.15) is 5.69 Å². The number of hydrogen-bond acceptors (Lipinski definition) is 2. The molecule has 0 saturated heterocycles. The minimum atomic E-state index is -4.87. The summed E-state index contributed by atoms with van der Waals surface area (Å²) in [6.07, 6.45) is -4.87. The van der Waals surface area contributed by atoms with Crippen LogP contribution < -0.4 is 5.56 Å². The highest BCUT2D eigenvalue weighted by molar-refractivity contribution is 6.31. The number of H-pyrrole nitrogens is 1.